The maximum absolute atomic E-state index is 11.8. The van der Waals surface area contributed by atoms with Crippen molar-refractivity contribution in [1.29, 1.82) is 0 Å². The molecule has 7 nitrogen and oxygen atoms in total. The van der Waals surface area contributed by atoms with Crippen LogP contribution in [0.25, 0.3) is 0 Å². The molecule has 0 aromatic rings. The Hall–Kier alpha value is -1.73. The van der Waals surface area contributed by atoms with E-state index in [0.29, 0.717) is 26.0 Å². The third kappa shape index (κ3) is 8.79. The molecule has 0 spiro atoms. The lowest BCUT2D eigenvalue weighted by atomic mass is 10.0. The molecular weight excluding hydrogens is 322 g/mol. The van der Waals surface area contributed by atoms with Crippen LogP contribution in [0.2, 0.25) is 0 Å². The van der Waals surface area contributed by atoms with Gasteiger partial charge in [0.25, 0.3) is 11.8 Å². The average molecular weight is 353 g/mol. The molecule has 1 heterocycles. The van der Waals surface area contributed by atoms with Crippen LogP contribution in [0.5, 0.6) is 0 Å². The summed E-state index contributed by atoms with van der Waals surface area (Å²) in [6.07, 6.45) is 4.69. The summed E-state index contributed by atoms with van der Waals surface area (Å²) in [7, 11) is 0. The van der Waals surface area contributed by atoms with Crippen LogP contribution in [0.4, 0.5) is 0 Å². The van der Waals surface area contributed by atoms with Crippen LogP contribution in [0.15, 0.2) is 12.2 Å². The maximum atomic E-state index is 11.8. The second kappa shape index (κ2) is 9.10. The lowest BCUT2D eigenvalue weighted by Crippen LogP contribution is -2.37. The van der Waals surface area contributed by atoms with Gasteiger partial charge in [0, 0.05) is 43.8 Å². The number of rotatable bonds is 11. The van der Waals surface area contributed by atoms with Crippen LogP contribution in [-0.4, -0.2) is 53.5 Å². The molecule has 1 aliphatic heterocycles. The van der Waals surface area contributed by atoms with E-state index in [-0.39, 0.29) is 41.8 Å². The van der Waals surface area contributed by atoms with E-state index in [0.717, 1.165) is 11.3 Å². The molecule has 0 saturated carbocycles. The van der Waals surface area contributed by atoms with E-state index in [1.807, 2.05) is 27.7 Å². The van der Waals surface area contributed by atoms with Crippen molar-refractivity contribution in [2.24, 2.45) is 5.73 Å². The third-order valence-corrected chi connectivity index (χ3v) is 3.97. The van der Waals surface area contributed by atoms with Gasteiger partial charge in [-0.1, -0.05) is 0 Å². The zero-order valence-corrected chi connectivity index (χ0v) is 15.8. The molecule has 3 amide bonds. The molecule has 0 saturated heterocycles. The van der Waals surface area contributed by atoms with Crippen molar-refractivity contribution in [3.63, 3.8) is 0 Å². The van der Waals surface area contributed by atoms with Crippen LogP contribution in [0, 0.1) is 0 Å². The smallest absolute Gasteiger partial charge is 0.253 e. The molecule has 1 rings (SSSR count). The Labute approximate surface area is 149 Å². The van der Waals surface area contributed by atoms with E-state index in [1.54, 1.807) is 0 Å². The topological polar surface area (TPSA) is 102 Å². The molecule has 0 atom stereocenters. The van der Waals surface area contributed by atoms with E-state index in [4.69, 9.17) is 10.5 Å². The molecule has 0 fully saturated rings. The highest BCUT2D eigenvalue weighted by atomic mass is 16.5. The lowest BCUT2D eigenvalue weighted by molar-refractivity contribution is -0.137. The molecule has 25 heavy (non-hydrogen) atoms. The molecule has 1 aliphatic rings. The highest BCUT2D eigenvalue weighted by Crippen LogP contribution is 2.16. The minimum atomic E-state index is -0.335. The second-order valence-corrected chi connectivity index (χ2v) is 7.71. The van der Waals surface area contributed by atoms with Gasteiger partial charge in [0.2, 0.25) is 5.91 Å². The van der Waals surface area contributed by atoms with Gasteiger partial charge in [0.05, 0.1) is 5.60 Å². The molecular formula is C18H31N3O4. The predicted octanol–water partition coefficient (Wildman–Crippen LogP) is 1.12. The summed E-state index contributed by atoms with van der Waals surface area (Å²) in [5.41, 5.74) is 5.34. The summed E-state index contributed by atoms with van der Waals surface area (Å²) in [4.78, 5) is 35.8. The Balaban J connectivity index is 2.15. The van der Waals surface area contributed by atoms with Gasteiger partial charge in [-0.3, -0.25) is 19.3 Å². The van der Waals surface area contributed by atoms with Crippen LogP contribution in [0.1, 0.15) is 53.4 Å². The van der Waals surface area contributed by atoms with E-state index < -0.39 is 0 Å². The molecule has 0 radical (unpaired) electrons. The number of hydrogen-bond acceptors (Lipinski definition) is 5. The number of carbonyl (C=O) groups excluding carboxylic acids is 3. The molecule has 0 aromatic heterocycles. The second-order valence-electron chi connectivity index (χ2n) is 7.71. The Morgan fingerprint density at radius 1 is 1.16 bits per heavy atom. The normalized spacial score (nSPS) is 15.2. The molecule has 0 aromatic carbocycles. The minimum Gasteiger partial charge on any atom is -0.375 e. The Morgan fingerprint density at radius 3 is 2.32 bits per heavy atom. The zero-order chi connectivity index (χ0) is 19.1. The van der Waals surface area contributed by atoms with Crippen molar-refractivity contribution in [3.8, 4) is 0 Å². The number of carbonyl (C=O) groups is 3. The third-order valence-electron chi connectivity index (χ3n) is 3.97. The lowest BCUT2D eigenvalue weighted by Gasteiger charge is -2.27. The number of amides is 3. The van der Waals surface area contributed by atoms with Gasteiger partial charge in [-0.2, -0.15) is 0 Å². The first-order valence-electron chi connectivity index (χ1n) is 8.73. The molecule has 0 bridgehead atoms. The van der Waals surface area contributed by atoms with Crippen molar-refractivity contribution in [3.05, 3.63) is 12.2 Å². The van der Waals surface area contributed by atoms with Crippen molar-refractivity contribution in [2.45, 2.75) is 64.5 Å². The zero-order valence-electron chi connectivity index (χ0n) is 15.8. The largest absolute Gasteiger partial charge is 0.375 e. The molecule has 142 valence electrons. The monoisotopic (exact) mass is 353 g/mol. The van der Waals surface area contributed by atoms with E-state index in [2.05, 4.69) is 5.32 Å². The van der Waals surface area contributed by atoms with Gasteiger partial charge in [0.15, 0.2) is 0 Å². The summed E-state index contributed by atoms with van der Waals surface area (Å²) in [6.45, 7) is 9.26. The van der Waals surface area contributed by atoms with Gasteiger partial charge in [-0.25, -0.2) is 0 Å². The summed E-state index contributed by atoms with van der Waals surface area (Å²) in [5, 5.41) is 2.85. The quantitative estimate of drug-likeness (QED) is 0.542. The first-order chi connectivity index (χ1) is 11.5. The minimum absolute atomic E-state index is 0.0917. The van der Waals surface area contributed by atoms with Crippen LogP contribution < -0.4 is 11.1 Å². The fourth-order valence-corrected chi connectivity index (χ4v) is 2.30. The van der Waals surface area contributed by atoms with Gasteiger partial charge >= 0.3 is 0 Å². The number of ether oxygens (including phenoxy) is 1. The molecule has 7 heteroatoms. The molecule has 0 aliphatic carbocycles. The van der Waals surface area contributed by atoms with Crippen molar-refractivity contribution < 1.29 is 19.1 Å². The van der Waals surface area contributed by atoms with Crippen molar-refractivity contribution in [2.75, 3.05) is 19.7 Å². The van der Waals surface area contributed by atoms with Gasteiger partial charge < -0.3 is 15.8 Å². The first-order valence-corrected chi connectivity index (χ1v) is 8.73. The standard InChI is InChI=1S/C18H31N3O4/c1-17(2,19)10-13-25-18(3,4)9-11-20-14(22)6-5-12-21-15(23)7-8-16(21)24/h7-8H,5-6,9-13,19H2,1-4H3,(H,20,22). The average Bonchev–Trinajstić information content (AvgIpc) is 2.77. The summed E-state index contributed by atoms with van der Waals surface area (Å²) in [5.74, 6) is -0.721. The molecule has 3 N–H and O–H groups in total. The first kappa shape index (κ1) is 21.3. The summed E-state index contributed by atoms with van der Waals surface area (Å²) >= 11 is 0. The predicted molar refractivity (Wildman–Crippen MR) is 95.6 cm³/mol. The van der Waals surface area contributed by atoms with Gasteiger partial charge in [-0.15, -0.1) is 0 Å². The number of imide groups is 1. The summed E-state index contributed by atoms with van der Waals surface area (Å²) < 4.78 is 5.84. The highest BCUT2D eigenvalue weighted by Gasteiger charge is 2.23. The highest BCUT2D eigenvalue weighted by molar-refractivity contribution is 6.12. The Morgan fingerprint density at radius 2 is 1.76 bits per heavy atom. The SMILES string of the molecule is CC(C)(N)CCOC(C)(C)CCNC(=O)CCCN1C(=O)C=CC1=O. The Bertz CT molecular complexity index is 503. The van der Waals surface area contributed by atoms with Crippen molar-refractivity contribution in [1.82, 2.24) is 10.2 Å². The van der Waals surface area contributed by atoms with E-state index in [1.165, 1.54) is 12.2 Å². The van der Waals surface area contributed by atoms with E-state index in [9.17, 15) is 14.4 Å². The van der Waals surface area contributed by atoms with Gasteiger partial charge in [-0.05, 0) is 47.0 Å². The number of nitrogens with zero attached hydrogens (tertiary/aromatic N) is 1. The fourth-order valence-electron chi connectivity index (χ4n) is 2.30. The number of nitrogens with two attached hydrogens (primary N) is 1. The van der Waals surface area contributed by atoms with Crippen LogP contribution in [-0.2, 0) is 19.1 Å². The number of nitrogens with one attached hydrogen (secondary N) is 1. The maximum Gasteiger partial charge on any atom is 0.253 e. The summed E-state index contributed by atoms with van der Waals surface area (Å²) in [6, 6.07) is 0. The van der Waals surface area contributed by atoms with Crippen LogP contribution in [0.3, 0.4) is 0 Å². The molecule has 0 unspecified atom stereocenters. The number of hydrogen-bond donors (Lipinski definition) is 2. The van der Waals surface area contributed by atoms with Crippen molar-refractivity contribution >= 4 is 17.7 Å². The fraction of sp³-hybridized carbons (Fsp3) is 0.722. The van der Waals surface area contributed by atoms with Crippen LogP contribution >= 0.6 is 0 Å². The Kier molecular flexibility index (Phi) is 7.76. The van der Waals surface area contributed by atoms with Gasteiger partial charge in [0.1, 0.15) is 0 Å². The van der Waals surface area contributed by atoms with E-state index >= 15 is 0 Å².